The minimum Gasteiger partial charge on any atom is -0.496 e. The van der Waals surface area contributed by atoms with Gasteiger partial charge in [0.2, 0.25) is 0 Å². The molecule has 1 rings (SSSR count). The lowest BCUT2D eigenvalue weighted by molar-refractivity contribution is 0.0880. The van der Waals surface area contributed by atoms with Crippen molar-refractivity contribution < 1.29 is 14.6 Å². The molecule has 0 amide bonds. The lowest BCUT2D eigenvalue weighted by Gasteiger charge is -2.22. The first-order valence-corrected chi connectivity index (χ1v) is 6.67. The van der Waals surface area contributed by atoms with Crippen LogP contribution in [0, 0.1) is 6.92 Å². The summed E-state index contributed by atoms with van der Waals surface area (Å²) in [6.45, 7) is 6.76. The topological polar surface area (TPSA) is 41.9 Å². The van der Waals surface area contributed by atoms with Crippen LogP contribution < -0.4 is 4.74 Å². The van der Waals surface area contributed by atoms with Gasteiger partial charge in [0.05, 0.1) is 19.8 Å². The van der Waals surface area contributed by atoms with Crippen LogP contribution >= 0.6 is 0 Å². The van der Waals surface area contributed by atoms with E-state index in [0.29, 0.717) is 13.2 Å². The van der Waals surface area contributed by atoms with Gasteiger partial charge in [0.15, 0.2) is 0 Å². The molecule has 0 saturated heterocycles. The van der Waals surface area contributed by atoms with Gasteiger partial charge in [-0.15, -0.1) is 0 Å². The summed E-state index contributed by atoms with van der Waals surface area (Å²) in [4.78, 5) is 2.06. The second-order valence-electron chi connectivity index (χ2n) is 4.72. The second-order valence-corrected chi connectivity index (χ2v) is 4.72. The molecular formula is C15H25NO3. The molecule has 1 atom stereocenters. The van der Waals surface area contributed by atoms with Gasteiger partial charge in [0, 0.05) is 25.3 Å². The highest BCUT2D eigenvalue weighted by atomic mass is 16.5. The molecule has 1 aromatic carbocycles. The van der Waals surface area contributed by atoms with Crippen molar-refractivity contribution in [2.75, 3.05) is 40.5 Å². The Labute approximate surface area is 115 Å². The molecule has 4 nitrogen and oxygen atoms in total. The third-order valence-corrected chi connectivity index (χ3v) is 3.05. The van der Waals surface area contributed by atoms with Gasteiger partial charge in [0.1, 0.15) is 5.75 Å². The summed E-state index contributed by atoms with van der Waals surface area (Å²) in [6.07, 6.45) is -0.554. The number of aliphatic hydroxyl groups excluding tert-OH is 1. The minimum absolute atomic E-state index is 0.554. The molecule has 0 aliphatic heterocycles. The van der Waals surface area contributed by atoms with Crippen molar-refractivity contribution in [3.05, 3.63) is 29.3 Å². The average molecular weight is 267 g/mol. The van der Waals surface area contributed by atoms with Gasteiger partial charge in [-0.2, -0.15) is 0 Å². The summed E-state index contributed by atoms with van der Waals surface area (Å²) in [7, 11) is 3.60. The van der Waals surface area contributed by atoms with E-state index in [2.05, 4.69) is 4.90 Å². The zero-order valence-electron chi connectivity index (χ0n) is 12.3. The van der Waals surface area contributed by atoms with E-state index in [1.807, 2.05) is 39.1 Å². The highest BCUT2D eigenvalue weighted by Gasteiger charge is 2.15. The highest BCUT2D eigenvalue weighted by molar-refractivity contribution is 5.38. The lowest BCUT2D eigenvalue weighted by atomic mass is 10.0. The van der Waals surface area contributed by atoms with E-state index in [0.717, 1.165) is 30.0 Å². The Balaban J connectivity index is 2.61. The number of methoxy groups -OCH3 is 1. The van der Waals surface area contributed by atoms with Crippen LogP contribution in [-0.4, -0.2) is 50.5 Å². The van der Waals surface area contributed by atoms with Gasteiger partial charge in [-0.05, 0) is 33.0 Å². The molecule has 0 fully saturated rings. The normalized spacial score (nSPS) is 12.7. The van der Waals surface area contributed by atoms with Crippen molar-refractivity contribution in [3.63, 3.8) is 0 Å². The average Bonchev–Trinajstić information content (AvgIpc) is 2.39. The van der Waals surface area contributed by atoms with Gasteiger partial charge in [-0.3, -0.25) is 0 Å². The van der Waals surface area contributed by atoms with E-state index in [-0.39, 0.29) is 0 Å². The third-order valence-electron chi connectivity index (χ3n) is 3.05. The van der Waals surface area contributed by atoms with E-state index >= 15 is 0 Å². The molecule has 1 aromatic rings. The van der Waals surface area contributed by atoms with E-state index < -0.39 is 6.10 Å². The van der Waals surface area contributed by atoms with Crippen molar-refractivity contribution in [1.29, 1.82) is 0 Å². The minimum atomic E-state index is -0.554. The molecule has 108 valence electrons. The Kier molecular flexibility index (Phi) is 6.84. The monoisotopic (exact) mass is 267 g/mol. The summed E-state index contributed by atoms with van der Waals surface area (Å²) in [6, 6.07) is 5.85. The zero-order valence-corrected chi connectivity index (χ0v) is 12.3. The maximum absolute atomic E-state index is 10.3. The van der Waals surface area contributed by atoms with Crippen LogP contribution in [0.1, 0.15) is 24.2 Å². The summed E-state index contributed by atoms with van der Waals surface area (Å²) < 4.78 is 10.6. The van der Waals surface area contributed by atoms with Gasteiger partial charge in [-0.25, -0.2) is 0 Å². The SMILES string of the molecule is CCOCCN(C)CC(O)c1cc(C)ccc1OC. The molecule has 19 heavy (non-hydrogen) atoms. The van der Waals surface area contributed by atoms with Crippen LogP contribution in [0.15, 0.2) is 18.2 Å². The predicted molar refractivity (Wildman–Crippen MR) is 76.7 cm³/mol. The Morgan fingerprint density at radius 1 is 1.37 bits per heavy atom. The van der Waals surface area contributed by atoms with Crippen molar-refractivity contribution in [3.8, 4) is 5.75 Å². The number of aliphatic hydroxyl groups is 1. The van der Waals surface area contributed by atoms with Crippen LogP contribution in [0.4, 0.5) is 0 Å². The maximum atomic E-state index is 10.3. The Hall–Kier alpha value is -1.10. The fourth-order valence-corrected chi connectivity index (χ4v) is 1.96. The lowest BCUT2D eigenvalue weighted by Crippen LogP contribution is -2.28. The standard InChI is InChI=1S/C15H25NO3/c1-5-19-9-8-16(3)11-14(17)13-10-12(2)6-7-15(13)18-4/h6-7,10,14,17H,5,8-9,11H2,1-4H3. The highest BCUT2D eigenvalue weighted by Crippen LogP contribution is 2.26. The molecule has 1 N–H and O–H groups in total. The van der Waals surface area contributed by atoms with Crippen molar-refractivity contribution in [2.45, 2.75) is 20.0 Å². The van der Waals surface area contributed by atoms with E-state index in [1.54, 1.807) is 7.11 Å². The van der Waals surface area contributed by atoms with Crippen LogP contribution in [0.25, 0.3) is 0 Å². The Bertz CT molecular complexity index is 382. The van der Waals surface area contributed by atoms with E-state index in [1.165, 1.54) is 0 Å². The quantitative estimate of drug-likeness (QED) is 0.732. The molecule has 0 heterocycles. The zero-order chi connectivity index (χ0) is 14.3. The van der Waals surface area contributed by atoms with Gasteiger partial charge < -0.3 is 19.5 Å². The first kappa shape index (κ1) is 16.0. The van der Waals surface area contributed by atoms with Crippen LogP contribution in [0.2, 0.25) is 0 Å². The molecule has 0 radical (unpaired) electrons. The molecule has 0 spiro atoms. The summed E-state index contributed by atoms with van der Waals surface area (Å²) >= 11 is 0. The van der Waals surface area contributed by atoms with Gasteiger partial charge in [-0.1, -0.05) is 11.6 Å². The van der Waals surface area contributed by atoms with Crippen molar-refractivity contribution in [1.82, 2.24) is 4.90 Å². The smallest absolute Gasteiger partial charge is 0.124 e. The van der Waals surface area contributed by atoms with E-state index in [9.17, 15) is 5.11 Å². The maximum Gasteiger partial charge on any atom is 0.124 e. The fourth-order valence-electron chi connectivity index (χ4n) is 1.96. The number of benzene rings is 1. The number of hydrogen-bond donors (Lipinski definition) is 1. The number of rotatable bonds is 8. The number of likely N-dealkylation sites (N-methyl/N-ethyl adjacent to an activating group) is 1. The van der Waals surface area contributed by atoms with Gasteiger partial charge in [0.25, 0.3) is 0 Å². The van der Waals surface area contributed by atoms with Gasteiger partial charge >= 0.3 is 0 Å². The molecule has 0 bridgehead atoms. The van der Waals surface area contributed by atoms with Crippen molar-refractivity contribution in [2.24, 2.45) is 0 Å². The van der Waals surface area contributed by atoms with Crippen LogP contribution in [0.3, 0.4) is 0 Å². The predicted octanol–water partition coefficient (Wildman–Crippen LogP) is 2.01. The molecule has 0 aliphatic carbocycles. The number of nitrogens with zero attached hydrogens (tertiary/aromatic N) is 1. The summed E-state index contributed by atoms with van der Waals surface area (Å²) in [5.41, 5.74) is 1.96. The third kappa shape index (κ3) is 5.19. The largest absolute Gasteiger partial charge is 0.496 e. The molecule has 4 heteroatoms. The molecular weight excluding hydrogens is 242 g/mol. The summed E-state index contributed by atoms with van der Waals surface area (Å²) in [5, 5.41) is 10.3. The van der Waals surface area contributed by atoms with Crippen molar-refractivity contribution >= 4 is 0 Å². The fraction of sp³-hybridized carbons (Fsp3) is 0.600. The second kappa shape index (κ2) is 8.15. The molecule has 0 aliphatic rings. The Morgan fingerprint density at radius 3 is 2.74 bits per heavy atom. The molecule has 1 unspecified atom stereocenters. The summed E-state index contributed by atoms with van der Waals surface area (Å²) in [5.74, 6) is 0.733. The first-order valence-electron chi connectivity index (χ1n) is 6.67. The number of aryl methyl sites for hydroxylation is 1. The molecule has 0 saturated carbocycles. The number of hydrogen-bond acceptors (Lipinski definition) is 4. The van der Waals surface area contributed by atoms with Crippen LogP contribution in [-0.2, 0) is 4.74 Å². The van der Waals surface area contributed by atoms with Crippen LogP contribution in [0.5, 0.6) is 5.75 Å². The first-order chi connectivity index (χ1) is 9.08. The number of ether oxygens (including phenoxy) is 2. The molecule has 0 aromatic heterocycles. The Morgan fingerprint density at radius 2 is 2.11 bits per heavy atom. The van der Waals surface area contributed by atoms with E-state index in [4.69, 9.17) is 9.47 Å².